The number of carbonyl (C=O) groups excluding carboxylic acids is 1. The van der Waals surface area contributed by atoms with Gasteiger partial charge >= 0.3 is 5.69 Å². The minimum atomic E-state index is -0.244. The maximum atomic E-state index is 12.8. The fraction of sp³-hybridized carbons (Fsp3) is 0.300. The van der Waals surface area contributed by atoms with Gasteiger partial charge in [0.15, 0.2) is 0 Å². The Morgan fingerprint density at radius 1 is 1.04 bits per heavy atom. The molecule has 0 spiro atoms. The number of aryl methyl sites for hydroxylation is 1. The molecule has 2 heterocycles. The van der Waals surface area contributed by atoms with Crippen LogP contribution in [0.25, 0.3) is 11.0 Å². The van der Waals surface area contributed by atoms with Crippen molar-refractivity contribution in [2.75, 3.05) is 23.3 Å². The highest BCUT2D eigenvalue weighted by atomic mass is 16.2. The van der Waals surface area contributed by atoms with Gasteiger partial charge in [-0.15, -0.1) is 0 Å². The maximum absolute atomic E-state index is 12.8. The van der Waals surface area contributed by atoms with Gasteiger partial charge in [-0.1, -0.05) is 18.2 Å². The van der Waals surface area contributed by atoms with E-state index in [9.17, 15) is 9.59 Å². The molecule has 0 saturated carbocycles. The molecule has 0 unspecified atom stereocenters. The number of fused-ring (bicyclic) bond motifs is 1. The van der Waals surface area contributed by atoms with Crippen LogP contribution in [0.15, 0.2) is 41.2 Å². The zero-order chi connectivity index (χ0) is 18.1. The smallest absolute Gasteiger partial charge is 0.323 e. The number of amides is 1. The van der Waals surface area contributed by atoms with Gasteiger partial charge in [-0.05, 0) is 49.9 Å². The summed E-state index contributed by atoms with van der Waals surface area (Å²) in [5.41, 5.74) is 4.46. The zero-order valence-corrected chi connectivity index (χ0v) is 14.8. The van der Waals surface area contributed by atoms with Gasteiger partial charge in [-0.2, -0.15) is 0 Å². The van der Waals surface area contributed by atoms with E-state index in [1.807, 2.05) is 43.3 Å². The van der Waals surface area contributed by atoms with Crippen LogP contribution in [0.5, 0.6) is 0 Å². The lowest BCUT2D eigenvalue weighted by atomic mass is 10.1. The fourth-order valence-corrected chi connectivity index (χ4v) is 3.58. The molecule has 4 rings (SSSR count). The third kappa shape index (κ3) is 3.10. The number of rotatable bonds is 3. The van der Waals surface area contributed by atoms with Crippen molar-refractivity contribution >= 4 is 28.3 Å². The number of aromatic nitrogens is 2. The molecule has 6 heteroatoms. The van der Waals surface area contributed by atoms with Crippen molar-refractivity contribution in [1.29, 1.82) is 0 Å². The zero-order valence-electron chi connectivity index (χ0n) is 14.8. The lowest BCUT2D eigenvalue weighted by Crippen LogP contribution is -2.30. The third-order valence-electron chi connectivity index (χ3n) is 4.97. The van der Waals surface area contributed by atoms with Crippen molar-refractivity contribution in [2.45, 2.75) is 26.2 Å². The van der Waals surface area contributed by atoms with Gasteiger partial charge in [0.2, 0.25) is 0 Å². The predicted molar refractivity (Wildman–Crippen MR) is 104 cm³/mol. The van der Waals surface area contributed by atoms with Crippen LogP contribution in [0.2, 0.25) is 0 Å². The summed E-state index contributed by atoms with van der Waals surface area (Å²) in [4.78, 5) is 32.3. The van der Waals surface area contributed by atoms with Gasteiger partial charge in [-0.3, -0.25) is 4.79 Å². The van der Waals surface area contributed by atoms with Gasteiger partial charge in [-0.25, -0.2) is 4.79 Å². The summed E-state index contributed by atoms with van der Waals surface area (Å²) in [5.74, 6) is -0.140. The van der Waals surface area contributed by atoms with E-state index in [-0.39, 0.29) is 11.6 Å². The second-order valence-electron chi connectivity index (χ2n) is 6.81. The minimum absolute atomic E-state index is 0.140. The SMILES string of the molecule is Cc1ccccc1C(=O)Nc1cc2[nH]c(=O)[nH]c2cc1N1CCCCC1. The molecule has 1 aromatic heterocycles. The Morgan fingerprint density at radius 2 is 1.73 bits per heavy atom. The van der Waals surface area contributed by atoms with Crippen LogP contribution in [0.1, 0.15) is 35.2 Å². The highest BCUT2D eigenvalue weighted by Crippen LogP contribution is 2.32. The average Bonchev–Trinajstić information content (AvgIpc) is 3.01. The van der Waals surface area contributed by atoms with Crippen LogP contribution in [-0.2, 0) is 0 Å². The third-order valence-corrected chi connectivity index (χ3v) is 4.97. The number of nitrogens with one attached hydrogen (secondary N) is 3. The van der Waals surface area contributed by atoms with Crippen LogP contribution >= 0.6 is 0 Å². The summed E-state index contributed by atoms with van der Waals surface area (Å²) in [6.07, 6.45) is 3.49. The number of H-pyrrole nitrogens is 2. The second kappa shape index (κ2) is 6.71. The largest absolute Gasteiger partial charge is 0.370 e. The molecule has 2 aromatic carbocycles. The quantitative estimate of drug-likeness (QED) is 0.677. The number of benzene rings is 2. The molecule has 1 fully saturated rings. The number of hydrogen-bond donors (Lipinski definition) is 3. The highest BCUT2D eigenvalue weighted by Gasteiger charge is 2.19. The summed E-state index contributed by atoms with van der Waals surface area (Å²) < 4.78 is 0. The summed E-state index contributed by atoms with van der Waals surface area (Å²) in [6.45, 7) is 3.83. The molecule has 1 saturated heterocycles. The Balaban J connectivity index is 1.75. The van der Waals surface area contributed by atoms with Crippen molar-refractivity contribution in [3.8, 4) is 0 Å². The molecule has 1 amide bonds. The molecule has 134 valence electrons. The molecule has 1 aliphatic rings. The van der Waals surface area contributed by atoms with Gasteiger partial charge in [0.1, 0.15) is 0 Å². The van der Waals surface area contributed by atoms with Gasteiger partial charge < -0.3 is 20.2 Å². The Bertz CT molecular complexity index is 1010. The van der Waals surface area contributed by atoms with E-state index in [1.165, 1.54) is 6.42 Å². The molecule has 3 aromatic rings. The van der Waals surface area contributed by atoms with E-state index >= 15 is 0 Å². The molecule has 0 atom stereocenters. The monoisotopic (exact) mass is 350 g/mol. The number of carbonyl (C=O) groups is 1. The lowest BCUT2D eigenvalue weighted by molar-refractivity contribution is 0.102. The van der Waals surface area contributed by atoms with E-state index < -0.39 is 0 Å². The number of hydrogen-bond acceptors (Lipinski definition) is 3. The minimum Gasteiger partial charge on any atom is -0.370 e. The van der Waals surface area contributed by atoms with Crippen LogP contribution in [-0.4, -0.2) is 29.0 Å². The molecule has 0 aliphatic carbocycles. The molecule has 3 N–H and O–H groups in total. The van der Waals surface area contributed by atoms with Crippen LogP contribution in [0, 0.1) is 6.92 Å². The number of piperidine rings is 1. The summed E-state index contributed by atoms with van der Waals surface area (Å²) in [5, 5.41) is 3.05. The highest BCUT2D eigenvalue weighted by molar-refractivity contribution is 6.08. The summed E-state index contributed by atoms with van der Waals surface area (Å²) >= 11 is 0. The molecule has 26 heavy (non-hydrogen) atoms. The van der Waals surface area contributed by atoms with Crippen LogP contribution in [0.4, 0.5) is 11.4 Å². The number of aromatic amines is 2. The number of nitrogens with zero attached hydrogens (tertiary/aromatic N) is 1. The maximum Gasteiger partial charge on any atom is 0.323 e. The summed E-state index contributed by atoms with van der Waals surface area (Å²) in [6, 6.07) is 11.3. The van der Waals surface area contributed by atoms with E-state index in [1.54, 1.807) is 0 Å². The molecular formula is C20H22N4O2. The van der Waals surface area contributed by atoms with Crippen molar-refractivity contribution in [3.05, 3.63) is 58.0 Å². The van der Waals surface area contributed by atoms with Crippen LogP contribution in [0.3, 0.4) is 0 Å². The summed E-state index contributed by atoms with van der Waals surface area (Å²) in [7, 11) is 0. The fourth-order valence-electron chi connectivity index (χ4n) is 3.58. The Kier molecular flexibility index (Phi) is 4.24. The normalized spacial score (nSPS) is 14.6. The molecular weight excluding hydrogens is 328 g/mol. The standard InChI is InChI=1S/C20H22N4O2/c1-13-7-3-4-8-14(13)19(25)21-17-11-15-16(23-20(26)22-15)12-18(17)24-9-5-2-6-10-24/h3-4,7-8,11-12H,2,5-6,9-10H2,1H3,(H,21,25)(H2,22,23,26). The van der Waals surface area contributed by atoms with E-state index in [2.05, 4.69) is 20.2 Å². The number of imidazole rings is 1. The van der Waals surface area contributed by atoms with E-state index in [0.717, 1.165) is 48.4 Å². The lowest BCUT2D eigenvalue weighted by Gasteiger charge is -2.30. The van der Waals surface area contributed by atoms with Crippen molar-refractivity contribution in [2.24, 2.45) is 0 Å². The Morgan fingerprint density at radius 3 is 2.46 bits per heavy atom. The first kappa shape index (κ1) is 16.4. The van der Waals surface area contributed by atoms with E-state index in [4.69, 9.17) is 0 Å². The molecule has 0 radical (unpaired) electrons. The first-order chi connectivity index (χ1) is 12.6. The Hall–Kier alpha value is -3.02. The average molecular weight is 350 g/mol. The Labute approximate surface area is 151 Å². The molecule has 1 aliphatic heterocycles. The van der Waals surface area contributed by atoms with Crippen molar-refractivity contribution < 1.29 is 4.79 Å². The van der Waals surface area contributed by atoms with E-state index in [0.29, 0.717) is 11.1 Å². The molecule has 0 bridgehead atoms. The topological polar surface area (TPSA) is 81.0 Å². The molecule has 6 nitrogen and oxygen atoms in total. The first-order valence-corrected chi connectivity index (χ1v) is 9.00. The van der Waals surface area contributed by atoms with Crippen LogP contribution < -0.4 is 15.9 Å². The van der Waals surface area contributed by atoms with Gasteiger partial charge in [0.05, 0.1) is 22.4 Å². The van der Waals surface area contributed by atoms with Gasteiger partial charge in [0.25, 0.3) is 5.91 Å². The van der Waals surface area contributed by atoms with Crippen molar-refractivity contribution in [3.63, 3.8) is 0 Å². The first-order valence-electron chi connectivity index (χ1n) is 9.00. The predicted octanol–water partition coefficient (Wildman–Crippen LogP) is 3.41. The number of anilines is 2. The van der Waals surface area contributed by atoms with Gasteiger partial charge in [0, 0.05) is 18.7 Å². The second-order valence-corrected chi connectivity index (χ2v) is 6.81. The van der Waals surface area contributed by atoms with Crippen molar-refractivity contribution in [1.82, 2.24) is 9.97 Å².